The number of ether oxygens (including phenoxy) is 3. The quantitative estimate of drug-likeness (QED) is 0.886. The molecule has 1 unspecified atom stereocenters. The highest BCUT2D eigenvalue weighted by atomic mass is 16.8. The van der Waals surface area contributed by atoms with E-state index in [9.17, 15) is 9.90 Å². The molecule has 22 heavy (non-hydrogen) atoms. The van der Waals surface area contributed by atoms with E-state index in [1.165, 1.54) is 0 Å². The van der Waals surface area contributed by atoms with E-state index in [0.29, 0.717) is 6.42 Å². The molecular weight excluding hydrogens is 286 g/mol. The number of carbonyl (C=O) groups is 1. The van der Waals surface area contributed by atoms with Gasteiger partial charge in [-0.1, -0.05) is 30.3 Å². The van der Waals surface area contributed by atoms with Gasteiger partial charge >= 0.3 is 6.09 Å². The summed E-state index contributed by atoms with van der Waals surface area (Å²) in [5.41, 5.74) is 0.920. The van der Waals surface area contributed by atoms with Gasteiger partial charge in [-0.05, 0) is 25.8 Å². The Bertz CT molecular complexity index is 533. The molecule has 1 amide bonds. The van der Waals surface area contributed by atoms with Gasteiger partial charge < -0.3 is 24.6 Å². The molecule has 1 heterocycles. The molecule has 1 aromatic rings. The predicted molar refractivity (Wildman–Crippen MR) is 78.0 cm³/mol. The highest BCUT2D eigenvalue weighted by Gasteiger charge is 2.54. The first kappa shape index (κ1) is 15.3. The zero-order valence-electron chi connectivity index (χ0n) is 12.7. The van der Waals surface area contributed by atoms with Crippen LogP contribution >= 0.6 is 0 Å². The molecule has 0 bridgehead atoms. The van der Waals surface area contributed by atoms with E-state index in [1.807, 2.05) is 30.3 Å². The van der Waals surface area contributed by atoms with Gasteiger partial charge in [0.25, 0.3) is 0 Å². The van der Waals surface area contributed by atoms with Crippen LogP contribution in [0.3, 0.4) is 0 Å². The maximum Gasteiger partial charge on any atom is 0.407 e. The summed E-state index contributed by atoms with van der Waals surface area (Å²) in [5, 5.41) is 12.8. The van der Waals surface area contributed by atoms with Crippen LogP contribution in [0.2, 0.25) is 0 Å². The number of hydrogen-bond acceptors (Lipinski definition) is 5. The Morgan fingerprint density at radius 3 is 2.73 bits per heavy atom. The van der Waals surface area contributed by atoms with Gasteiger partial charge in [-0.15, -0.1) is 0 Å². The van der Waals surface area contributed by atoms with Gasteiger partial charge in [-0.2, -0.15) is 0 Å². The minimum Gasteiger partial charge on any atom is -0.445 e. The third kappa shape index (κ3) is 3.24. The van der Waals surface area contributed by atoms with Gasteiger partial charge in [-0.25, -0.2) is 4.79 Å². The van der Waals surface area contributed by atoms with E-state index in [-0.39, 0.29) is 18.8 Å². The number of carbonyl (C=O) groups excluding carboxylic acids is 1. The first-order valence-corrected chi connectivity index (χ1v) is 7.45. The topological polar surface area (TPSA) is 77.0 Å². The van der Waals surface area contributed by atoms with Gasteiger partial charge in [0, 0.05) is 0 Å². The zero-order valence-corrected chi connectivity index (χ0v) is 12.7. The smallest absolute Gasteiger partial charge is 0.407 e. The maximum absolute atomic E-state index is 11.9. The number of amides is 1. The lowest BCUT2D eigenvalue weighted by molar-refractivity contribution is -0.163. The summed E-state index contributed by atoms with van der Waals surface area (Å²) < 4.78 is 16.6. The third-order valence-corrected chi connectivity index (χ3v) is 3.95. The van der Waals surface area contributed by atoms with E-state index >= 15 is 0 Å². The fourth-order valence-electron chi connectivity index (χ4n) is 3.01. The highest BCUT2D eigenvalue weighted by Crippen LogP contribution is 2.38. The third-order valence-electron chi connectivity index (χ3n) is 3.95. The van der Waals surface area contributed by atoms with Crippen LogP contribution in [0.25, 0.3) is 0 Å². The minimum atomic E-state index is -0.745. The van der Waals surface area contributed by atoms with Crippen molar-refractivity contribution in [2.45, 2.75) is 57.0 Å². The summed E-state index contributed by atoms with van der Waals surface area (Å²) in [6, 6.07) is 9.15. The van der Waals surface area contributed by atoms with E-state index in [4.69, 9.17) is 14.2 Å². The number of rotatable bonds is 3. The van der Waals surface area contributed by atoms with Gasteiger partial charge in [0.2, 0.25) is 0 Å². The number of hydrogen-bond donors (Lipinski definition) is 2. The second kappa shape index (κ2) is 5.87. The Kier molecular flexibility index (Phi) is 4.08. The zero-order chi connectivity index (χ0) is 15.7. The largest absolute Gasteiger partial charge is 0.445 e. The Balaban J connectivity index is 1.53. The molecule has 1 aliphatic carbocycles. The van der Waals surface area contributed by atoms with Crippen LogP contribution in [0.1, 0.15) is 25.8 Å². The average Bonchev–Trinajstić information content (AvgIpc) is 2.93. The Hall–Kier alpha value is -1.63. The van der Waals surface area contributed by atoms with Crippen molar-refractivity contribution in [3.63, 3.8) is 0 Å². The van der Waals surface area contributed by atoms with Crippen molar-refractivity contribution >= 4 is 6.09 Å². The van der Waals surface area contributed by atoms with Gasteiger partial charge in [0.15, 0.2) is 5.79 Å². The molecule has 3 rings (SSSR count). The summed E-state index contributed by atoms with van der Waals surface area (Å²) in [6.45, 7) is 3.80. The first-order chi connectivity index (χ1) is 10.4. The van der Waals surface area contributed by atoms with Gasteiger partial charge in [-0.3, -0.25) is 0 Å². The summed E-state index contributed by atoms with van der Waals surface area (Å²) >= 11 is 0. The molecule has 2 N–H and O–H groups in total. The summed E-state index contributed by atoms with van der Waals surface area (Å²) in [7, 11) is 0. The number of nitrogens with one attached hydrogen (secondary N) is 1. The van der Waals surface area contributed by atoms with E-state index in [1.54, 1.807) is 13.8 Å². The van der Waals surface area contributed by atoms with Crippen molar-refractivity contribution < 1.29 is 24.1 Å². The average molecular weight is 307 g/mol. The van der Waals surface area contributed by atoms with Crippen molar-refractivity contribution in [3.05, 3.63) is 35.9 Å². The molecule has 0 radical (unpaired) electrons. The molecule has 1 saturated heterocycles. The second-order valence-electron chi connectivity index (χ2n) is 6.18. The van der Waals surface area contributed by atoms with Gasteiger partial charge in [0.05, 0.1) is 12.1 Å². The van der Waals surface area contributed by atoms with Crippen LogP contribution in [0.4, 0.5) is 4.79 Å². The summed E-state index contributed by atoms with van der Waals surface area (Å²) in [6.07, 6.45) is -1.53. The molecule has 2 fully saturated rings. The molecule has 1 saturated carbocycles. The van der Waals surface area contributed by atoms with Crippen LogP contribution in [-0.2, 0) is 20.8 Å². The molecule has 6 heteroatoms. The van der Waals surface area contributed by atoms with Crippen LogP contribution in [0.15, 0.2) is 30.3 Å². The Morgan fingerprint density at radius 1 is 1.32 bits per heavy atom. The second-order valence-corrected chi connectivity index (χ2v) is 6.18. The monoisotopic (exact) mass is 307 g/mol. The number of alkyl carbamates (subject to hydrolysis) is 1. The van der Waals surface area contributed by atoms with Crippen molar-refractivity contribution in [1.29, 1.82) is 0 Å². The van der Waals surface area contributed by atoms with Gasteiger partial charge in [0.1, 0.15) is 18.8 Å². The van der Waals surface area contributed by atoms with Crippen LogP contribution < -0.4 is 5.32 Å². The van der Waals surface area contributed by atoms with Crippen molar-refractivity contribution in [1.82, 2.24) is 5.32 Å². The first-order valence-electron chi connectivity index (χ1n) is 7.45. The predicted octanol–water partition coefficient (Wildman–Crippen LogP) is 1.57. The van der Waals surface area contributed by atoms with E-state index in [2.05, 4.69) is 5.32 Å². The fraction of sp³-hybridized carbons (Fsp3) is 0.562. The van der Waals surface area contributed by atoms with Crippen LogP contribution in [0, 0.1) is 0 Å². The van der Waals surface area contributed by atoms with Crippen molar-refractivity contribution in [2.75, 3.05) is 0 Å². The molecular formula is C16H21NO5. The number of benzene rings is 1. The summed E-state index contributed by atoms with van der Waals surface area (Å²) in [4.78, 5) is 11.9. The molecule has 1 aromatic carbocycles. The normalized spacial score (nSPS) is 32.5. The molecule has 6 nitrogen and oxygen atoms in total. The minimum absolute atomic E-state index is 0.207. The molecule has 0 aromatic heterocycles. The maximum atomic E-state index is 11.9. The SMILES string of the molecule is CC1(C)OC2[C@H](O)C[C@@H](NC(=O)OCc3ccccc3)[C@@H]2O1. The lowest BCUT2D eigenvalue weighted by atomic mass is 10.2. The Labute approximate surface area is 129 Å². The van der Waals surface area contributed by atoms with Crippen molar-refractivity contribution in [2.24, 2.45) is 0 Å². The molecule has 1 aliphatic heterocycles. The van der Waals surface area contributed by atoms with Crippen LogP contribution in [0.5, 0.6) is 0 Å². The lowest BCUT2D eigenvalue weighted by Gasteiger charge is -2.22. The standard InChI is InChI=1S/C16H21NO5/c1-16(2)21-13-11(8-12(18)14(13)22-16)17-15(19)20-9-10-6-4-3-5-7-10/h3-7,11-14,18H,8-9H2,1-2H3,(H,17,19)/t11-,12-,13+,14?/m1/s1. The highest BCUT2D eigenvalue weighted by molar-refractivity contribution is 5.67. The number of aliphatic hydroxyl groups excluding tert-OH is 1. The Morgan fingerprint density at radius 2 is 2.00 bits per heavy atom. The van der Waals surface area contributed by atoms with Crippen LogP contribution in [-0.4, -0.2) is 41.3 Å². The number of fused-ring (bicyclic) bond motifs is 1. The molecule has 4 atom stereocenters. The van der Waals surface area contributed by atoms with Crippen molar-refractivity contribution in [3.8, 4) is 0 Å². The lowest BCUT2D eigenvalue weighted by Crippen LogP contribution is -2.43. The van der Waals surface area contributed by atoms with E-state index < -0.39 is 24.1 Å². The molecule has 0 spiro atoms. The molecule has 2 aliphatic rings. The number of aliphatic hydroxyl groups is 1. The van der Waals surface area contributed by atoms with E-state index in [0.717, 1.165) is 5.56 Å². The summed E-state index contributed by atoms with van der Waals surface area (Å²) in [5.74, 6) is -0.745. The fourth-order valence-corrected chi connectivity index (χ4v) is 3.01. The molecule has 120 valence electrons.